The molecule has 1 amide bonds. The Morgan fingerprint density at radius 3 is 2.62 bits per heavy atom. The largest absolute Gasteiger partial charge is 0.480 e. The highest BCUT2D eigenvalue weighted by Gasteiger charge is 2.18. The van der Waals surface area contributed by atoms with Gasteiger partial charge in [0.25, 0.3) is 0 Å². The highest BCUT2D eigenvalue weighted by Crippen LogP contribution is 2.07. The molecule has 1 unspecified atom stereocenters. The van der Waals surface area contributed by atoms with Gasteiger partial charge in [-0.2, -0.15) is 0 Å². The van der Waals surface area contributed by atoms with Gasteiger partial charge in [0.05, 0.1) is 6.42 Å². The van der Waals surface area contributed by atoms with E-state index in [1.165, 1.54) is 0 Å². The van der Waals surface area contributed by atoms with E-state index in [0.717, 1.165) is 5.76 Å². The molecule has 0 bridgehead atoms. The summed E-state index contributed by atoms with van der Waals surface area (Å²) in [5.41, 5.74) is 0. The molecule has 1 heterocycles. The van der Waals surface area contributed by atoms with Crippen molar-refractivity contribution in [2.24, 2.45) is 0 Å². The first kappa shape index (κ1) is 12.3. The molecule has 1 rings (SSSR count). The Labute approximate surface area is 93.4 Å². The number of carbonyl (C=O) groups excluding carboxylic acids is 1. The van der Waals surface area contributed by atoms with Crippen molar-refractivity contribution in [2.45, 2.75) is 32.7 Å². The van der Waals surface area contributed by atoms with Gasteiger partial charge in [0.2, 0.25) is 5.91 Å². The molecule has 0 saturated heterocycles. The number of nitrogens with one attached hydrogen (secondary N) is 1. The molecule has 1 aromatic rings. The second kappa shape index (κ2) is 5.34. The number of hydrogen-bond donors (Lipinski definition) is 2. The first-order chi connectivity index (χ1) is 7.52. The summed E-state index contributed by atoms with van der Waals surface area (Å²) in [5.74, 6) is -0.0987. The zero-order chi connectivity index (χ0) is 12.1. The lowest BCUT2D eigenvalue weighted by atomic mass is 10.2. The smallest absolute Gasteiger partial charge is 0.326 e. The maximum atomic E-state index is 11.5. The van der Waals surface area contributed by atoms with Gasteiger partial charge in [-0.15, -0.1) is 0 Å². The molecule has 16 heavy (non-hydrogen) atoms. The molecule has 2 N–H and O–H groups in total. The van der Waals surface area contributed by atoms with Gasteiger partial charge in [-0.05, 0) is 25.5 Å². The number of aliphatic carboxylic acids is 1. The molecule has 0 radical (unpaired) electrons. The third-order valence-electron chi connectivity index (χ3n) is 2.17. The van der Waals surface area contributed by atoms with Gasteiger partial charge < -0.3 is 14.8 Å². The third kappa shape index (κ3) is 3.42. The number of amides is 1. The standard InChI is InChI=1S/C11H15NO4/c1-3-9(11(14)15)12-10(13)6-8-5-4-7(2)16-8/h4-5,9H,3,6H2,1-2H3,(H,12,13)(H,14,15). The molecule has 0 aliphatic rings. The molecule has 1 atom stereocenters. The Bertz CT molecular complexity index is 383. The first-order valence-corrected chi connectivity index (χ1v) is 5.10. The van der Waals surface area contributed by atoms with Crippen molar-refractivity contribution in [3.8, 4) is 0 Å². The van der Waals surface area contributed by atoms with E-state index < -0.39 is 12.0 Å². The number of carboxylic acid groups (broad SMARTS) is 1. The second-order valence-corrected chi connectivity index (χ2v) is 3.56. The number of aryl methyl sites for hydroxylation is 1. The molecular formula is C11H15NO4. The zero-order valence-electron chi connectivity index (χ0n) is 9.32. The molecule has 0 aromatic carbocycles. The molecule has 0 aliphatic heterocycles. The van der Waals surface area contributed by atoms with Crippen LogP contribution in [0, 0.1) is 6.92 Å². The van der Waals surface area contributed by atoms with Crippen LogP contribution in [0.4, 0.5) is 0 Å². The van der Waals surface area contributed by atoms with Gasteiger partial charge in [-0.25, -0.2) is 4.79 Å². The number of hydrogen-bond acceptors (Lipinski definition) is 3. The fraction of sp³-hybridized carbons (Fsp3) is 0.455. The number of carboxylic acids is 1. The first-order valence-electron chi connectivity index (χ1n) is 5.10. The highest BCUT2D eigenvalue weighted by atomic mass is 16.4. The topological polar surface area (TPSA) is 79.5 Å². The van der Waals surface area contributed by atoms with Gasteiger partial charge in [-0.3, -0.25) is 4.79 Å². The van der Waals surface area contributed by atoms with Crippen LogP contribution in [0.25, 0.3) is 0 Å². The molecule has 5 heteroatoms. The van der Waals surface area contributed by atoms with Crippen LogP contribution >= 0.6 is 0 Å². The van der Waals surface area contributed by atoms with Crippen LogP contribution in [0.15, 0.2) is 16.5 Å². The normalized spacial score (nSPS) is 12.1. The fourth-order valence-electron chi connectivity index (χ4n) is 1.32. The van der Waals surface area contributed by atoms with Crippen molar-refractivity contribution >= 4 is 11.9 Å². The summed E-state index contributed by atoms with van der Waals surface area (Å²) >= 11 is 0. The predicted octanol–water partition coefficient (Wildman–Crippen LogP) is 1.11. The molecule has 0 saturated carbocycles. The summed E-state index contributed by atoms with van der Waals surface area (Å²) in [6.45, 7) is 3.49. The lowest BCUT2D eigenvalue weighted by Crippen LogP contribution is -2.40. The Hall–Kier alpha value is -1.78. The van der Waals surface area contributed by atoms with Gasteiger partial charge in [0.1, 0.15) is 17.6 Å². The zero-order valence-corrected chi connectivity index (χ0v) is 9.32. The van der Waals surface area contributed by atoms with Crippen molar-refractivity contribution in [1.29, 1.82) is 0 Å². The van der Waals surface area contributed by atoms with Crippen LogP contribution in [0.2, 0.25) is 0 Å². The predicted molar refractivity (Wildman–Crippen MR) is 57.0 cm³/mol. The molecule has 0 fully saturated rings. The summed E-state index contributed by atoms with van der Waals surface area (Å²) in [6, 6.07) is 2.64. The van der Waals surface area contributed by atoms with Crippen LogP contribution < -0.4 is 5.32 Å². The van der Waals surface area contributed by atoms with Crippen LogP contribution in [0.1, 0.15) is 24.9 Å². The van der Waals surface area contributed by atoms with E-state index in [-0.39, 0.29) is 12.3 Å². The molecule has 5 nitrogen and oxygen atoms in total. The minimum Gasteiger partial charge on any atom is -0.480 e. The lowest BCUT2D eigenvalue weighted by molar-refractivity contribution is -0.141. The van der Waals surface area contributed by atoms with Crippen LogP contribution in [-0.2, 0) is 16.0 Å². The van der Waals surface area contributed by atoms with Gasteiger partial charge in [0.15, 0.2) is 0 Å². The van der Waals surface area contributed by atoms with E-state index in [9.17, 15) is 9.59 Å². The number of rotatable bonds is 5. The van der Waals surface area contributed by atoms with E-state index in [1.54, 1.807) is 26.0 Å². The summed E-state index contributed by atoms with van der Waals surface area (Å²) in [5, 5.41) is 11.2. The maximum Gasteiger partial charge on any atom is 0.326 e. The minimum atomic E-state index is -1.02. The SMILES string of the molecule is CCC(NC(=O)Cc1ccc(C)o1)C(=O)O. The molecule has 1 aromatic heterocycles. The Morgan fingerprint density at radius 2 is 2.19 bits per heavy atom. The van der Waals surface area contributed by atoms with Crippen molar-refractivity contribution in [1.82, 2.24) is 5.32 Å². The Morgan fingerprint density at radius 1 is 1.50 bits per heavy atom. The summed E-state index contributed by atoms with van der Waals surface area (Å²) in [7, 11) is 0. The summed E-state index contributed by atoms with van der Waals surface area (Å²) < 4.78 is 5.22. The minimum absolute atomic E-state index is 0.0671. The second-order valence-electron chi connectivity index (χ2n) is 3.56. The third-order valence-corrected chi connectivity index (χ3v) is 2.17. The summed E-state index contributed by atoms with van der Waals surface area (Å²) in [6.07, 6.45) is 0.426. The number of carbonyl (C=O) groups is 2. The average Bonchev–Trinajstić information content (AvgIpc) is 2.60. The lowest BCUT2D eigenvalue weighted by Gasteiger charge is -2.11. The Balaban J connectivity index is 2.50. The van der Waals surface area contributed by atoms with E-state index in [2.05, 4.69) is 5.32 Å². The van der Waals surface area contributed by atoms with Gasteiger partial charge in [-0.1, -0.05) is 6.92 Å². The van der Waals surface area contributed by atoms with Crippen LogP contribution in [0.3, 0.4) is 0 Å². The quantitative estimate of drug-likeness (QED) is 0.786. The van der Waals surface area contributed by atoms with Gasteiger partial charge in [0, 0.05) is 0 Å². The monoisotopic (exact) mass is 225 g/mol. The molecule has 88 valence electrons. The van der Waals surface area contributed by atoms with Crippen molar-refractivity contribution in [3.63, 3.8) is 0 Å². The summed E-state index contributed by atoms with van der Waals surface area (Å²) in [4.78, 5) is 22.1. The maximum absolute atomic E-state index is 11.5. The Kier molecular flexibility index (Phi) is 4.10. The molecule has 0 spiro atoms. The van der Waals surface area contributed by atoms with E-state index in [1.807, 2.05) is 0 Å². The van der Waals surface area contributed by atoms with Gasteiger partial charge >= 0.3 is 5.97 Å². The van der Waals surface area contributed by atoms with E-state index in [0.29, 0.717) is 12.2 Å². The highest BCUT2D eigenvalue weighted by molar-refractivity contribution is 5.84. The molecular weight excluding hydrogens is 210 g/mol. The number of furan rings is 1. The van der Waals surface area contributed by atoms with Crippen LogP contribution in [0.5, 0.6) is 0 Å². The van der Waals surface area contributed by atoms with Crippen molar-refractivity contribution in [3.05, 3.63) is 23.7 Å². The van der Waals surface area contributed by atoms with Crippen LogP contribution in [-0.4, -0.2) is 23.0 Å². The molecule has 0 aliphatic carbocycles. The van der Waals surface area contributed by atoms with Crippen molar-refractivity contribution in [2.75, 3.05) is 0 Å². The van der Waals surface area contributed by atoms with E-state index >= 15 is 0 Å². The van der Waals surface area contributed by atoms with Crippen molar-refractivity contribution < 1.29 is 19.1 Å². The fourth-order valence-corrected chi connectivity index (χ4v) is 1.32. The van der Waals surface area contributed by atoms with E-state index in [4.69, 9.17) is 9.52 Å². The average molecular weight is 225 g/mol.